The number of benzene rings is 1. The Morgan fingerprint density at radius 1 is 1.23 bits per heavy atom. The highest BCUT2D eigenvalue weighted by Crippen LogP contribution is 2.09. The molecule has 3 aromatic rings. The van der Waals surface area contributed by atoms with Gasteiger partial charge in [-0.1, -0.05) is 18.2 Å². The van der Waals surface area contributed by atoms with Crippen LogP contribution in [0.5, 0.6) is 0 Å². The lowest BCUT2D eigenvalue weighted by molar-refractivity contribution is -0.121. The number of amides is 1. The minimum Gasteiger partial charge on any atom is -0.354 e. The van der Waals surface area contributed by atoms with Gasteiger partial charge in [0, 0.05) is 16.8 Å². The van der Waals surface area contributed by atoms with Crippen molar-refractivity contribution in [2.24, 2.45) is 0 Å². The average Bonchev–Trinajstić information content (AvgIpc) is 3.04. The van der Waals surface area contributed by atoms with Gasteiger partial charge in [-0.15, -0.1) is 11.3 Å². The smallest absolute Gasteiger partial charge is 0.241 e. The largest absolute Gasteiger partial charge is 0.354 e. The number of thiophene rings is 1. The molecule has 0 aliphatic heterocycles. The molecule has 0 saturated carbocycles. The van der Waals surface area contributed by atoms with Gasteiger partial charge in [-0.25, -0.2) is 0 Å². The molecule has 22 heavy (non-hydrogen) atoms. The number of nitrogens with zero attached hydrogens (tertiary/aromatic N) is 2. The number of fused-ring (bicyclic) bond motifs is 1. The minimum atomic E-state index is -0.134. The molecule has 2 aromatic heterocycles. The molecule has 0 radical (unpaired) electrons. The van der Waals surface area contributed by atoms with Crippen LogP contribution in [-0.4, -0.2) is 22.2 Å². The third kappa shape index (κ3) is 3.23. The van der Waals surface area contributed by atoms with Crippen LogP contribution in [0.3, 0.4) is 0 Å². The van der Waals surface area contributed by atoms with E-state index >= 15 is 0 Å². The number of nitrogens with one attached hydrogen (secondary N) is 1. The molecule has 6 heteroatoms. The quantitative estimate of drug-likeness (QED) is 0.781. The zero-order valence-electron chi connectivity index (χ0n) is 11.9. The molecule has 3 rings (SSSR count). The Morgan fingerprint density at radius 3 is 2.91 bits per heavy atom. The van der Waals surface area contributed by atoms with Crippen molar-refractivity contribution in [2.75, 3.05) is 6.54 Å². The molecule has 0 atom stereocenters. The molecule has 0 saturated heterocycles. The van der Waals surface area contributed by atoms with Crippen molar-refractivity contribution in [3.63, 3.8) is 0 Å². The maximum Gasteiger partial charge on any atom is 0.241 e. The van der Waals surface area contributed by atoms with Crippen molar-refractivity contribution in [1.82, 2.24) is 15.1 Å². The van der Waals surface area contributed by atoms with Crippen molar-refractivity contribution in [2.45, 2.75) is 13.0 Å². The molecule has 5 nitrogen and oxygen atoms in total. The zero-order chi connectivity index (χ0) is 15.4. The first-order valence-electron chi connectivity index (χ1n) is 6.98. The molecule has 0 aliphatic carbocycles. The van der Waals surface area contributed by atoms with E-state index in [1.165, 1.54) is 11.1 Å². The number of rotatable bonds is 5. The zero-order valence-corrected chi connectivity index (χ0v) is 12.7. The summed E-state index contributed by atoms with van der Waals surface area (Å²) in [5.74, 6) is -0.113. The Hall–Kier alpha value is -2.47. The van der Waals surface area contributed by atoms with Gasteiger partial charge in [-0.3, -0.25) is 14.3 Å². The van der Waals surface area contributed by atoms with Gasteiger partial charge in [0.15, 0.2) is 0 Å². The summed E-state index contributed by atoms with van der Waals surface area (Å²) in [7, 11) is 0. The summed E-state index contributed by atoms with van der Waals surface area (Å²) in [6, 6.07) is 11.2. The second-order valence-electron chi connectivity index (χ2n) is 4.86. The van der Waals surface area contributed by atoms with Gasteiger partial charge in [0.25, 0.3) is 0 Å². The summed E-state index contributed by atoms with van der Waals surface area (Å²) in [4.78, 5) is 25.0. The Morgan fingerprint density at radius 2 is 2.09 bits per heavy atom. The van der Waals surface area contributed by atoms with Crippen molar-refractivity contribution < 1.29 is 4.79 Å². The highest BCUT2D eigenvalue weighted by molar-refractivity contribution is 7.09. The number of carbonyl (C=O) groups excluding carboxylic acids is 1. The van der Waals surface area contributed by atoms with Gasteiger partial charge >= 0.3 is 0 Å². The summed E-state index contributed by atoms with van der Waals surface area (Å²) in [5, 5.41) is 9.52. The molecular formula is C16H15N3O2S. The molecule has 2 heterocycles. The van der Waals surface area contributed by atoms with Crippen LogP contribution < -0.4 is 10.7 Å². The van der Waals surface area contributed by atoms with E-state index in [1.54, 1.807) is 34.2 Å². The van der Waals surface area contributed by atoms with Crippen molar-refractivity contribution in [1.29, 1.82) is 0 Å². The van der Waals surface area contributed by atoms with Crippen LogP contribution in [0.1, 0.15) is 4.88 Å². The fourth-order valence-electron chi connectivity index (χ4n) is 2.26. The van der Waals surface area contributed by atoms with E-state index in [4.69, 9.17) is 0 Å². The molecule has 1 amide bonds. The Labute approximate surface area is 131 Å². The van der Waals surface area contributed by atoms with Crippen LogP contribution in [0.2, 0.25) is 0 Å². The number of aromatic nitrogens is 2. The van der Waals surface area contributed by atoms with Crippen LogP contribution in [0.15, 0.2) is 52.8 Å². The number of carbonyl (C=O) groups is 1. The number of hydrogen-bond acceptors (Lipinski definition) is 4. The van der Waals surface area contributed by atoms with Crippen LogP contribution >= 0.6 is 11.3 Å². The molecule has 112 valence electrons. The summed E-state index contributed by atoms with van der Waals surface area (Å²) in [6.45, 7) is 0.697. The Kier molecular flexibility index (Phi) is 4.29. The monoisotopic (exact) mass is 313 g/mol. The Bertz CT molecular complexity index is 840. The molecule has 0 fully saturated rings. The van der Waals surface area contributed by atoms with Crippen molar-refractivity contribution in [3.05, 3.63) is 63.1 Å². The maximum absolute atomic E-state index is 12.0. The van der Waals surface area contributed by atoms with Gasteiger partial charge in [-0.05, 0) is 30.0 Å². The van der Waals surface area contributed by atoms with E-state index in [1.807, 2.05) is 23.6 Å². The van der Waals surface area contributed by atoms with E-state index < -0.39 is 0 Å². The topological polar surface area (TPSA) is 64.0 Å². The van der Waals surface area contributed by atoms with E-state index in [0.29, 0.717) is 17.4 Å². The first kappa shape index (κ1) is 14.5. The Balaban J connectivity index is 1.66. The van der Waals surface area contributed by atoms with E-state index in [9.17, 15) is 9.59 Å². The van der Waals surface area contributed by atoms with Crippen molar-refractivity contribution in [3.8, 4) is 0 Å². The average molecular weight is 313 g/mol. The third-order valence-electron chi connectivity index (χ3n) is 3.33. The molecule has 1 N–H and O–H groups in total. The van der Waals surface area contributed by atoms with Gasteiger partial charge in [0.05, 0.1) is 11.7 Å². The summed E-state index contributed by atoms with van der Waals surface area (Å²) >= 11 is 1.68. The van der Waals surface area contributed by atoms with Gasteiger partial charge in [-0.2, -0.15) is 5.10 Å². The normalized spacial score (nSPS) is 10.7. The first-order chi connectivity index (χ1) is 10.7. The fourth-order valence-corrected chi connectivity index (χ4v) is 2.97. The fraction of sp³-hybridized carbons (Fsp3) is 0.188. The van der Waals surface area contributed by atoms with E-state index in [2.05, 4.69) is 10.4 Å². The molecule has 0 aliphatic rings. The third-order valence-corrected chi connectivity index (χ3v) is 4.27. The molecule has 0 bridgehead atoms. The van der Waals surface area contributed by atoms with Gasteiger partial charge in [0.1, 0.15) is 6.54 Å². The second-order valence-corrected chi connectivity index (χ2v) is 5.90. The SMILES string of the molecule is O=C(Cn1ncc(=O)c2ccccc21)NCCc1cccs1. The first-order valence-corrected chi connectivity index (χ1v) is 7.86. The predicted octanol–water partition coefficient (Wildman–Crippen LogP) is 1.82. The predicted molar refractivity (Wildman–Crippen MR) is 87.0 cm³/mol. The van der Waals surface area contributed by atoms with E-state index in [-0.39, 0.29) is 17.9 Å². The number of para-hydroxylation sites is 1. The molecule has 1 aromatic carbocycles. The van der Waals surface area contributed by atoms with Crippen molar-refractivity contribution >= 4 is 28.1 Å². The summed E-state index contributed by atoms with van der Waals surface area (Å²) < 4.78 is 1.55. The lowest BCUT2D eigenvalue weighted by Gasteiger charge is -2.09. The summed E-state index contributed by atoms with van der Waals surface area (Å²) in [6.07, 6.45) is 2.07. The van der Waals surface area contributed by atoms with Crippen LogP contribution in [-0.2, 0) is 17.8 Å². The van der Waals surface area contributed by atoms with Gasteiger partial charge < -0.3 is 5.32 Å². The highest BCUT2D eigenvalue weighted by Gasteiger charge is 2.07. The van der Waals surface area contributed by atoms with Crippen LogP contribution in [0.4, 0.5) is 0 Å². The van der Waals surface area contributed by atoms with Gasteiger partial charge in [0.2, 0.25) is 11.3 Å². The van der Waals surface area contributed by atoms with Crippen LogP contribution in [0.25, 0.3) is 10.9 Å². The standard InChI is InChI=1S/C16H15N3O2S/c20-15-10-18-19(14-6-2-1-5-13(14)15)11-16(21)17-8-7-12-4-3-9-22-12/h1-6,9-10H,7-8,11H2,(H,17,21). The lowest BCUT2D eigenvalue weighted by Crippen LogP contribution is -2.30. The van der Waals surface area contributed by atoms with E-state index in [0.717, 1.165) is 6.42 Å². The number of hydrogen-bond donors (Lipinski definition) is 1. The summed E-state index contributed by atoms with van der Waals surface area (Å²) in [5.41, 5.74) is 0.536. The molecule has 0 spiro atoms. The highest BCUT2D eigenvalue weighted by atomic mass is 32.1. The second kappa shape index (κ2) is 6.53. The lowest BCUT2D eigenvalue weighted by atomic mass is 10.2. The minimum absolute atomic E-state index is 0.102. The molecular weight excluding hydrogens is 298 g/mol. The molecule has 0 unspecified atom stereocenters. The van der Waals surface area contributed by atoms with Crippen LogP contribution in [0, 0.1) is 0 Å². The maximum atomic E-state index is 12.0.